The molecule has 0 amide bonds. The monoisotopic (exact) mass is 300 g/mol. The molecule has 0 aliphatic carbocycles. The van der Waals surface area contributed by atoms with Crippen molar-refractivity contribution in [3.8, 4) is 5.75 Å². The summed E-state index contributed by atoms with van der Waals surface area (Å²) in [7, 11) is 0. The summed E-state index contributed by atoms with van der Waals surface area (Å²) in [6.45, 7) is 2.42. The zero-order valence-corrected chi connectivity index (χ0v) is 12.1. The van der Waals surface area contributed by atoms with Crippen LogP contribution in [0.3, 0.4) is 0 Å². The second-order valence-electron chi connectivity index (χ2n) is 4.04. The minimum absolute atomic E-state index is 0.0652. The maximum Gasteiger partial charge on any atom is 0.269 e. The zero-order chi connectivity index (χ0) is 14.6. The number of non-ortho nitro benzene ring substituents is 1. The highest BCUT2D eigenvalue weighted by Gasteiger charge is 2.03. The molecule has 7 heteroatoms. The number of hydrogen-bond donors (Lipinski definition) is 2. The molecule has 0 radical (unpaired) electrons. The van der Waals surface area contributed by atoms with Crippen LogP contribution in [0.4, 0.5) is 5.69 Å². The van der Waals surface area contributed by atoms with Crippen molar-refractivity contribution in [3.05, 3.63) is 34.4 Å². The second kappa shape index (κ2) is 10.5. The van der Waals surface area contributed by atoms with Crippen LogP contribution in [0.1, 0.15) is 6.42 Å². The minimum Gasteiger partial charge on any atom is -0.492 e. The van der Waals surface area contributed by atoms with E-state index in [0.29, 0.717) is 12.4 Å². The van der Waals surface area contributed by atoms with E-state index < -0.39 is 4.92 Å². The molecule has 0 heterocycles. The summed E-state index contributed by atoms with van der Waals surface area (Å²) in [5.41, 5.74) is 0.0652. The first-order chi connectivity index (χ1) is 9.74. The SMILES string of the molecule is O=[N+]([O-])c1ccc(OCCNCCSCCCO)cc1. The first-order valence-corrected chi connectivity index (χ1v) is 7.66. The van der Waals surface area contributed by atoms with Crippen LogP contribution in [0.2, 0.25) is 0 Å². The number of hydrogen-bond acceptors (Lipinski definition) is 6. The van der Waals surface area contributed by atoms with Gasteiger partial charge in [-0.1, -0.05) is 0 Å². The number of aliphatic hydroxyl groups is 1. The van der Waals surface area contributed by atoms with Crippen LogP contribution >= 0.6 is 11.8 Å². The molecule has 0 atom stereocenters. The molecule has 0 saturated heterocycles. The predicted molar refractivity (Wildman–Crippen MR) is 80.5 cm³/mol. The van der Waals surface area contributed by atoms with E-state index >= 15 is 0 Å². The van der Waals surface area contributed by atoms with Gasteiger partial charge in [0, 0.05) is 37.6 Å². The van der Waals surface area contributed by atoms with E-state index in [1.54, 1.807) is 12.1 Å². The van der Waals surface area contributed by atoms with E-state index in [1.807, 2.05) is 11.8 Å². The standard InChI is InChI=1S/C13H20N2O4S/c16-8-1-10-20-11-7-14-6-9-19-13-4-2-12(3-5-13)15(17)18/h2-5,14,16H,1,6-11H2. The molecule has 0 unspecified atom stereocenters. The average molecular weight is 300 g/mol. The van der Waals surface area contributed by atoms with Gasteiger partial charge in [0.25, 0.3) is 5.69 Å². The maximum absolute atomic E-state index is 10.5. The Morgan fingerprint density at radius 2 is 2.00 bits per heavy atom. The molecule has 0 bridgehead atoms. The normalized spacial score (nSPS) is 10.4. The summed E-state index contributed by atoms with van der Waals surface area (Å²) in [4.78, 5) is 10.0. The van der Waals surface area contributed by atoms with Crippen molar-refractivity contribution in [2.45, 2.75) is 6.42 Å². The van der Waals surface area contributed by atoms with Crippen molar-refractivity contribution in [1.82, 2.24) is 5.32 Å². The average Bonchev–Trinajstić information content (AvgIpc) is 2.46. The minimum atomic E-state index is -0.431. The first kappa shape index (κ1) is 16.7. The Bertz CT molecular complexity index is 386. The summed E-state index contributed by atoms with van der Waals surface area (Å²) >= 11 is 1.81. The molecule has 0 spiro atoms. The topological polar surface area (TPSA) is 84.6 Å². The molecular formula is C13H20N2O4S. The van der Waals surface area contributed by atoms with Gasteiger partial charge >= 0.3 is 0 Å². The Labute approximate surface area is 122 Å². The summed E-state index contributed by atoms with van der Waals surface area (Å²) in [6, 6.07) is 6.06. The van der Waals surface area contributed by atoms with Crippen molar-refractivity contribution in [3.63, 3.8) is 0 Å². The molecule has 0 aromatic heterocycles. The number of aliphatic hydroxyl groups excluding tert-OH is 1. The maximum atomic E-state index is 10.5. The molecule has 0 aliphatic heterocycles. The number of nitro benzene ring substituents is 1. The lowest BCUT2D eigenvalue weighted by Gasteiger charge is -2.07. The molecule has 0 fully saturated rings. The second-order valence-corrected chi connectivity index (χ2v) is 5.26. The number of nitrogens with one attached hydrogen (secondary N) is 1. The van der Waals surface area contributed by atoms with Crippen molar-refractivity contribution in [2.24, 2.45) is 0 Å². The van der Waals surface area contributed by atoms with Crippen molar-refractivity contribution in [2.75, 3.05) is 37.8 Å². The van der Waals surface area contributed by atoms with Gasteiger partial charge in [-0.15, -0.1) is 0 Å². The van der Waals surface area contributed by atoms with Crippen LogP contribution < -0.4 is 10.1 Å². The Morgan fingerprint density at radius 1 is 1.25 bits per heavy atom. The lowest BCUT2D eigenvalue weighted by molar-refractivity contribution is -0.384. The van der Waals surface area contributed by atoms with Gasteiger partial charge in [-0.25, -0.2) is 0 Å². The van der Waals surface area contributed by atoms with Gasteiger partial charge < -0.3 is 15.2 Å². The number of nitro groups is 1. The molecule has 6 nitrogen and oxygen atoms in total. The molecular weight excluding hydrogens is 280 g/mol. The van der Waals surface area contributed by atoms with E-state index in [0.717, 1.165) is 31.0 Å². The van der Waals surface area contributed by atoms with Crippen molar-refractivity contribution < 1.29 is 14.8 Å². The van der Waals surface area contributed by atoms with E-state index in [2.05, 4.69) is 5.32 Å². The fourth-order valence-corrected chi connectivity index (χ4v) is 2.27. The molecule has 0 aliphatic rings. The van der Waals surface area contributed by atoms with Crippen LogP contribution in [-0.4, -0.2) is 47.8 Å². The van der Waals surface area contributed by atoms with Gasteiger partial charge in [0.05, 0.1) is 4.92 Å². The van der Waals surface area contributed by atoms with Gasteiger partial charge in [-0.2, -0.15) is 11.8 Å². The van der Waals surface area contributed by atoms with Gasteiger partial charge in [0.2, 0.25) is 0 Å². The zero-order valence-electron chi connectivity index (χ0n) is 11.3. The fraction of sp³-hybridized carbons (Fsp3) is 0.538. The van der Waals surface area contributed by atoms with Gasteiger partial charge in [0.15, 0.2) is 0 Å². The molecule has 2 N–H and O–H groups in total. The molecule has 1 aromatic rings. The number of nitrogens with zero attached hydrogens (tertiary/aromatic N) is 1. The fourth-order valence-electron chi connectivity index (χ4n) is 1.44. The van der Waals surface area contributed by atoms with Crippen molar-refractivity contribution >= 4 is 17.4 Å². The molecule has 20 heavy (non-hydrogen) atoms. The Hall–Kier alpha value is -1.31. The lowest BCUT2D eigenvalue weighted by Crippen LogP contribution is -2.23. The summed E-state index contributed by atoms with van der Waals surface area (Å²) < 4.78 is 5.46. The highest BCUT2D eigenvalue weighted by Crippen LogP contribution is 2.16. The Balaban J connectivity index is 2.02. The summed E-state index contributed by atoms with van der Waals surface area (Å²) in [5, 5.41) is 22.3. The van der Waals surface area contributed by atoms with Crippen LogP contribution in [0, 0.1) is 10.1 Å². The van der Waals surface area contributed by atoms with Gasteiger partial charge in [-0.05, 0) is 24.3 Å². The molecule has 0 saturated carbocycles. The van der Waals surface area contributed by atoms with Crippen molar-refractivity contribution in [1.29, 1.82) is 0 Å². The smallest absolute Gasteiger partial charge is 0.269 e. The third kappa shape index (κ3) is 7.32. The molecule has 1 aromatic carbocycles. The van der Waals surface area contributed by atoms with Crippen LogP contribution in [0.5, 0.6) is 5.75 Å². The Morgan fingerprint density at radius 3 is 2.65 bits per heavy atom. The Kier molecular flexibility index (Phi) is 8.77. The summed E-state index contributed by atoms with van der Waals surface area (Å²) in [6.07, 6.45) is 0.841. The van der Waals surface area contributed by atoms with E-state index in [1.165, 1.54) is 12.1 Å². The number of rotatable bonds is 11. The third-order valence-corrected chi connectivity index (χ3v) is 3.54. The number of ether oxygens (including phenoxy) is 1. The third-order valence-electron chi connectivity index (χ3n) is 2.47. The summed E-state index contributed by atoms with van der Waals surface area (Å²) in [5.74, 6) is 2.63. The van der Waals surface area contributed by atoms with Gasteiger partial charge in [0.1, 0.15) is 12.4 Å². The lowest BCUT2D eigenvalue weighted by atomic mass is 10.3. The van der Waals surface area contributed by atoms with E-state index in [9.17, 15) is 10.1 Å². The largest absolute Gasteiger partial charge is 0.492 e. The quantitative estimate of drug-likeness (QED) is 0.367. The highest BCUT2D eigenvalue weighted by atomic mass is 32.2. The van der Waals surface area contributed by atoms with E-state index in [4.69, 9.17) is 9.84 Å². The first-order valence-electron chi connectivity index (χ1n) is 6.50. The number of benzene rings is 1. The van der Waals surface area contributed by atoms with Crippen LogP contribution in [0.15, 0.2) is 24.3 Å². The van der Waals surface area contributed by atoms with Crippen LogP contribution in [-0.2, 0) is 0 Å². The number of thioether (sulfide) groups is 1. The predicted octanol–water partition coefficient (Wildman–Crippen LogP) is 1.68. The molecule has 112 valence electrons. The highest BCUT2D eigenvalue weighted by molar-refractivity contribution is 7.99. The van der Waals surface area contributed by atoms with Crippen LogP contribution in [0.25, 0.3) is 0 Å². The molecule has 1 rings (SSSR count). The van der Waals surface area contributed by atoms with E-state index in [-0.39, 0.29) is 12.3 Å². The van der Waals surface area contributed by atoms with Gasteiger partial charge in [-0.3, -0.25) is 10.1 Å².